The minimum Gasteiger partial charge on any atom is -0.478 e. The van der Waals surface area contributed by atoms with Crippen molar-refractivity contribution < 1.29 is 254 Å². The van der Waals surface area contributed by atoms with Crippen LogP contribution in [0.1, 0.15) is 34.6 Å². The first-order valence-electron chi connectivity index (χ1n) is 44.4. The van der Waals surface area contributed by atoms with Crippen LogP contribution in [-0.2, 0) is 229 Å². The fourth-order valence-corrected chi connectivity index (χ4v) is 13.2. The molecule has 24 unspecified atom stereocenters. The average Bonchev–Trinajstić information content (AvgIpc) is 1.67. The lowest BCUT2D eigenvalue weighted by Crippen LogP contribution is -2.36. The van der Waals surface area contributed by atoms with Crippen molar-refractivity contribution in [1.29, 1.82) is 0 Å². The number of esters is 18. The highest BCUT2D eigenvalue weighted by Gasteiger charge is 2.56. The third-order valence-corrected chi connectivity index (χ3v) is 20.1. The first-order chi connectivity index (χ1) is 70.2. The van der Waals surface area contributed by atoms with Gasteiger partial charge in [0, 0.05) is 113 Å². The van der Waals surface area contributed by atoms with Gasteiger partial charge in [0.05, 0.1) is 66.1 Å². The molecule has 0 aromatic carbocycles. The monoisotopic (exact) mass is 2100 g/mol. The molecule has 0 aromatic rings. The number of hydrogen-bond acceptors (Lipinski definition) is 52. The van der Waals surface area contributed by atoms with E-state index in [9.17, 15) is 116 Å². The van der Waals surface area contributed by atoms with Crippen molar-refractivity contribution in [1.82, 2.24) is 0 Å². The molecule has 24 atom stereocenters. The minimum atomic E-state index is -1.29. The zero-order chi connectivity index (χ0) is 110. The normalized spacial score (nSPS) is 25.9. The number of hydrogen-bond donors (Lipinski definition) is 5. The topological polar surface area (TPSA) is 701 Å². The summed E-state index contributed by atoms with van der Waals surface area (Å²) < 4.78 is 144. The molecule has 10 rings (SSSR count). The Hall–Kier alpha value is -14.6. The van der Waals surface area contributed by atoms with E-state index in [-0.39, 0.29) is 83.0 Å². The zero-order valence-corrected chi connectivity index (χ0v) is 80.3. The molecule has 10 saturated heterocycles. The summed E-state index contributed by atoms with van der Waals surface area (Å²) in [6.45, 7) is 31.1. The molecule has 5 N–H and O–H groups in total. The molecule has 10 heterocycles. The maximum Gasteiger partial charge on any atom is 0.333 e. The van der Waals surface area contributed by atoms with Crippen molar-refractivity contribution in [2.75, 3.05) is 119 Å². The molecule has 10 aliphatic heterocycles. The van der Waals surface area contributed by atoms with E-state index in [4.69, 9.17) is 128 Å². The summed E-state index contributed by atoms with van der Waals surface area (Å²) in [4.78, 5) is 229. The number of carboxylic acid groups (broad SMARTS) is 1. The molecule has 0 amide bonds. The number of allylic oxidation sites excluding steroid dienone is 1. The van der Waals surface area contributed by atoms with Crippen LogP contribution in [-0.4, -0.2) is 410 Å². The minimum absolute atomic E-state index is 0.0410. The summed E-state index contributed by atoms with van der Waals surface area (Å²) >= 11 is 0. The van der Waals surface area contributed by atoms with Gasteiger partial charge in [0.1, 0.15) is 138 Å². The van der Waals surface area contributed by atoms with E-state index in [0.29, 0.717) is 17.2 Å². The van der Waals surface area contributed by atoms with E-state index < -0.39 is 313 Å². The Morgan fingerprint density at radius 2 is 0.378 bits per heavy atom. The number of carbonyl (C=O) groups excluding carboxylic acids is 19. The Balaban J connectivity index is 0.000000295. The fourth-order valence-electron chi connectivity index (χ4n) is 13.2. The first kappa shape index (κ1) is 122. The van der Waals surface area contributed by atoms with Gasteiger partial charge in [0.15, 0.2) is 66.8 Å². The highest BCUT2D eigenvalue weighted by atomic mass is 16.7. The second-order valence-electron chi connectivity index (χ2n) is 32.1. The Kier molecular flexibility index (Phi) is 51.5. The summed E-state index contributed by atoms with van der Waals surface area (Å²) in [5.74, 6) is -15.6. The predicted octanol–water partition coefficient (Wildman–Crippen LogP) is -3.11. The molecule has 810 valence electrons. The summed E-state index contributed by atoms with van der Waals surface area (Å²) in [5.41, 5.74) is 0.909. The largest absolute Gasteiger partial charge is 0.478 e. The van der Waals surface area contributed by atoms with Gasteiger partial charge in [0.25, 0.3) is 0 Å². The molecule has 148 heavy (non-hydrogen) atoms. The number of carbonyl (C=O) groups is 20. The average molecular weight is 2100 g/mol. The molecule has 0 spiro atoms. The smallest absolute Gasteiger partial charge is 0.333 e. The van der Waals surface area contributed by atoms with E-state index in [1.165, 1.54) is 20.8 Å². The van der Waals surface area contributed by atoms with Crippen LogP contribution in [0.25, 0.3) is 0 Å². The maximum absolute atomic E-state index is 12.1. The van der Waals surface area contributed by atoms with Crippen molar-refractivity contribution in [2.45, 2.75) is 181 Å². The molecule has 0 aromatic heterocycles. The molecule has 53 nitrogen and oxygen atoms in total. The van der Waals surface area contributed by atoms with Gasteiger partial charge in [-0.25, -0.2) is 91.1 Å². The summed E-state index contributed by atoms with van der Waals surface area (Å²) in [6, 6.07) is 0. The number of aliphatic carboxylic acids is 1. The lowest BCUT2D eigenvalue weighted by atomic mass is 10.1. The molecule has 0 bridgehead atoms. The Morgan fingerprint density at radius 1 is 0.223 bits per heavy atom. The molecule has 53 heteroatoms. The number of aliphatic hydroxyl groups is 4. The van der Waals surface area contributed by atoms with Crippen molar-refractivity contribution in [3.05, 3.63) is 172 Å². The van der Waals surface area contributed by atoms with E-state index in [0.717, 1.165) is 91.1 Å². The molecular weight excluding hydrogens is 1990 g/mol. The third kappa shape index (κ3) is 42.5. The second kappa shape index (κ2) is 62.4. The molecule has 0 aliphatic carbocycles. The van der Waals surface area contributed by atoms with E-state index in [1.807, 2.05) is 0 Å². The number of aliphatic hydroxyl groups excluding tert-OH is 4. The highest BCUT2D eigenvalue weighted by Crippen LogP contribution is 2.36. The number of ether oxygens (including phenoxy) is 28. The van der Waals surface area contributed by atoms with Gasteiger partial charge in [-0.2, -0.15) is 0 Å². The lowest BCUT2D eigenvalue weighted by molar-refractivity contribution is -0.151. The van der Waals surface area contributed by atoms with Gasteiger partial charge in [-0.05, 0) is 40.7 Å². The zero-order valence-electron chi connectivity index (χ0n) is 80.3. The summed E-state index contributed by atoms with van der Waals surface area (Å²) in [7, 11) is 0. The van der Waals surface area contributed by atoms with Gasteiger partial charge in [-0.3, -0.25) is 4.79 Å². The molecule has 0 radical (unpaired) electrons. The standard InChI is InChI=1S/C28H34O16.C26H30O16.C15H16O9.C14H18O6.C12H14O6/c1-15(2)27(35)41-11-17(29)9-37-21(31)5-7-23(33)43-19-13-39-26-20(14-40-25(19)26)44-24(34)8-6-22(32)38-10-18(30)12-42-28(36)16(3)4;1-3-19(29)35-9-15(27)11-37-21(31)5-7-23(33)41-17-13-39-26-18(14-40-25(17)26)42-24(34)8-6-22(32)38-12-16(28)10-36-20(30)4-2;1-8(16)2-4-12(19)23-9-6-21-15-10(7-22-14(9)15)24-13(20)5-3-11(17)18;1-7(2)13(15)19-9-5-17-12-10(6-18-11(9)12)20-14(16)8(3)4;1-3-9(13)17-7-5-15-12-8(6-16-11(7)12)18-10(14)4-2/h5-8,17-20,25-26,29-30H,1,3,9-14H2,2,4H3;3-8,15-18,25-28H,1-2,9-14H2;2-5,9-10,14-15H,6-7H2,1H3,(H,17,18);9-12H,1,3,5-6H2,2,4H3;3-4,7-8,11-12H,1-2,5-6H2/b2*7-5-,8-6-;4-2-,5-3-;;. The number of rotatable bonds is 46. The first-order valence-corrected chi connectivity index (χ1v) is 44.4. The quantitative estimate of drug-likeness (QED) is 0.0229. The van der Waals surface area contributed by atoms with Crippen LogP contribution < -0.4 is 0 Å². The van der Waals surface area contributed by atoms with Crippen LogP contribution in [0.15, 0.2) is 172 Å². The van der Waals surface area contributed by atoms with Crippen molar-refractivity contribution in [3.63, 3.8) is 0 Å². The van der Waals surface area contributed by atoms with Crippen LogP contribution in [0.5, 0.6) is 0 Å². The predicted molar refractivity (Wildman–Crippen MR) is 481 cm³/mol. The third-order valence-electron chi connectivity index (χ3n) is 20.1. The molecule has 0 saturated carbocycles. The number of carboxylic acids is 1. The summed E-state index contributed by atoms with van der Waals surface area (Å²) in [5, 5.41) is 47.0. The summed E-state index contributed by atoms with van der Waals surface area (Å²) in [6.07, 6.45) is -4.19. The van der Waals surface area contributed by atoms with Crippen LogP contribution in [0.3, 0.4) is 0 Å². The molecule has 10 fully saturated rings. The van der Waals surface area contributed by atoms with Gasteiger partial charge >= 0.3 is 113 Å². The van der Waals surface area contributed by atoms with Crippen LogP contribution in [0, 0.1) is 0 Å². The molecular formula is C95H112O53. The van der Waals surface area contributed by atoms with Crippen molar-refractivity contribution in [2.24, 2.45) is 0 Å². The highest BCUT2D eigenvalue weighted by molar-refractivity contribution is 5.97. The number of ketones is 1. The van der Waals surface area contributed by atoms with Crippen LogP contribution in [0.4, 0.5) is 0 Å². The van der Waals surface area contributed by atoms with Gasteiger partial charge in [0.2, 0.25) is 0 Å². The van der Waals surface area contributed by atoms with Gasteiger partial charge in [-0.15, -0.1) is 0 Å². The van der Waals surface area contributed by atoms with E-state index in [2.05, 4.69) is 62.1 Å². The van der Waals surface area contributed by atoms with E-state index in [1.54, 1.807) is 13.8 Å². The lowest BCUT2D eigenvalue weighted by Gasteiger charge is -2.17. The van der Waals surface area contributed by atoms with Crippen molar-refractivity contribution >= 4 is 119 Å². The maximum atomic E-state index is 12.1. The Labute approximate surface area is 842 Å². The van der Waals surface area contributed by atoms with Crippen LogP contribution >= 0.6 is 0 Å². The van der Waals surface area contributed by atoms with Gasteiger partial charge in [-0.1, -0.05) is 52.6 Å². The van der Waals surface area contributed by atoms with E-state index >= 15 is 0 Å². The second-order valence-corrected chi connectivity index (χ2v) is 32.1. The Bertz CT molecular complexity index is 4720. The van der Waals surface area contributed by atoms with Crippen molar-refractivity contribution in [3.8, 4) is 0 Å². The number of fused-ring (bicyclic) bond motifs is 5. The van der Waals surface area contributed by atoms with Gasteiger partial charge < -0.3 is 158 Å². The van der Waals surface area contributed by atoms with Crippen LogP contribution in [0.2, 0.25) is 0 Å². The fraction of sp³-hybridized carbons (Fsp3) is 0.495. The SMILES string of the molecule is C=C(C)C(=O)OC1COC2C(OC(=O)C(=C)C)COC12.C=C(C)C(=O)OCC(O)COC(=O)/C=C\C(=O)OC1COC2C(OC(=O)/C=C\C(=O)OCC(O)COC(=O)C(=C)C)COC12.C=CC(=O)OC1COC2C(OC(=O)C=C)COC12.C=CC(=O)OCC(O)COC(=O)/C=C\C(=O)OC1COC2C(OC(=O)/C=C\C(=O)OCC(O)COC(=O)C=C)COC12.CC(=O)/C=C\C(=O)OC1COC2C(OC(=O)/C=C\C(=O)O)COC12. The Morgan fingerprint density at radius 3 is 0.554 bits per heavy atom. The molecule has 10 aliphatic rings.